The van der Waals surface area contributed by atoms with Crippen LogP contribution in [-0.4, -0.2) is 21.5 Å². The summed E-state index contributed by atoms with van der Waals surface area (Å²) in [6.07, 6.45) is 0.970. The van der Waals surface area contributed by atoms with E-state index in [1.54, 1.807) is 22.0 Å². The number of hydrogen-bond acceptors (Lipinski definition) is 5. The molecule has 4 aromatic rings. The maximum absolute atomic E-state index is 12.3. The quantitative estimate of drug-likeness (QED) is 0.556. The minimum absolute atomic E-state index is 0.0531. The second-order valence-corrected chi connectivity index (χ2v) is 7.61. The number of nitrogens with zero attached hydrogens (tertiary/aromatic N) is 2. The molecular weight excluding hydrogens is 362 g/mol. The van der Waals surface area contributed by atoms with E-state index in [0.717, 1.165) is 20.7 Å². The fraction of sp³-hybridized carbons (Fsp3) is 0.250. The molecule has 0 aliphatic carbocycles. The number of nitrogens with one attached hydrogen (secondary N) is 1. The molecule has 2 heterocycles. The lowest BCUT2D eigenvalue weighted by Gasteiger charge is -2.14. The molecule has 27 heavy (non-hydrogen) atoms. The molecule has 0 saturated heterocycles. The number of aromatic nitrogens is 2. The van der Waals surface area contributed by atoms with Crippen molar-refractivity contribution in [2.75, 3.05) is 0 Å². The molecule has 0 aliphatic rings. The van der Waals surface area contributed by atoms with Crippen LogP contribution in [0, 0.1) is 0 Å². The van der Waals surface area contributed by atoms with Gasteiger partial charge in [-0.25, -0.2) is 9.78 Å². The smallest absolute Gasteiger partial charge is 0.408 e. The number of thiazole rings is 1. The van der Waals surface area contributed by atoms with Gasteiger partial charge in [0.2, 0.25) is 5.91 Å². The molecule has 4 rings (SSSR count). The molecule has 0 aliphatic heterocycles. The Morgan fingerprint density at radius 1 is 1.22 bits per heavy atom. The van der Waals surface area contributed by atoms with Crippen molar-refractivity contribution in [3.63, 3.8) is 0 Å². The highest BCUT2D eigenvalue weighted by Gasteiger charge is 2.14. The minimum Gasteiger partial charge on any atom is -0.408 e. The fourth-order valence-electron chi connectivity index (χ4n) is 3.10. The van der Waals surface area contributed by atoms with Gasteiger partial charge in [0.15, 0.2) is 5.58 Å². The number of benzene rings is 2. The molecule has 0 unspecified atom stereocenters. The van der Waals surface area contributed by atoms with Crippen LogP contribution in [0.2, 0.25) is 0 Å². The molecule has 2 aromatic carbocycles. The second kappa shape index (κ2) is 7.36. The zero-order valence-corrected chi connectivity index (χ0v) is 15.7. The summed E-state index contributed by atoms with van der Waals surface area (Å²) >= 11 is 1.62. The van der Waals surface area contributed by atoms with Crippen LogP contribution in [-0.2, 0) is 17.8 Å². The van der Waals surface area contributed by atoms with Crippen LogP contribution in [0.4, 0.5) is 0 Å². The van der Waals surface area contributed by atoms with Gasteiger partial charge < -0.3 is 9.73 Å². The molecule has 1 amide bonds. The summed E-state index contributed by atoms with van der Waals surface area (Å²) in [6.45, 7) is 2.24. The van der Waals surface area contributed by atoms with Crippen molar-refractivity contribution < 1.29 is 9.21 Å². The van der Waals surface area contributed by atoms with E-state index in [1.807, 2.05) is 49.4 Å². The van der Waals surface area contributed by atoms with E-state index in [2.05, 4.69) is 10.3 Å². The van der Waals surface area contributed by atoms with E-state index in [1.165, 1.54) is 0 Å². The summed E-state index contributed by atoms with van der Waals surface area (Å²) in [4.78, 5) is 28.9. The van der Waals surface area contributed by atoms with Gasteiger partial charge in [0.05, 0.1) is 20.7 Å². The van der Waals surface area contributed by atoms with E-state index < -0.39 is 5.76 Å². The maximum atomic E-state index is 12.3. The summed E-state index contributed by atoms with van der Waals surface area (Å²) in [5.74, 6) is -0.464. The maximum Gasteiger partial charge on any atom is 0.420 e. The Bertz CT molecular complexity index is 1120. The van der Waals surface area contributed by atoms with E-state index in [0.29, 0.717) is 25.0 Å². The number of oxazole rings is 1. The predicted molar refractivity (Wildman–Crippen MR) is 106 cm³/mol. The number of aryl methyl sites for hydroxylation is 1. The standard InChI is InChI=1S/C20H19N3O3S/c1-13(12-23-15-7-3-4-8-16(15)26-20(23)25)21-18(24)10-11-19-22-14-6-2-5-9-17(14)27-19/h2-9,13H,10-12H2,1H3,(H,21,24)/t13-/m1/s1. The minimum atomic E-state index is -0.410. The molecule has 1 N–H and O–H groups in total. The molecule has 0 saturated carbocycles. The molecule has 0 radical (unpaired) electrons. The van der Waals surface area contributed by atoms with Gasteiger partial charge in [-0.15, -0.1) is 11.3 Å². The SMILES string of the molecule is C[C@H](Cn1c(=O)oc2ccccc21)NC(=O)CCc1nc2ccccc2s1. The summed E-state index contributed by atoms with van der Waals surface area (Å²) in [7, 11) is 0. The molecule has 0 spiro atoms. The third-order valence-corrected chi connectivity index (χ3v) is 5.44. The number of rotatable bonds is 6. The highest BCUT2D eigenvalue weighted by molar-refractivity contribution is 7.18. The molecule has 0 bridgehead atoms. The van der Waals surface area contributed by atoms with E-state index in [9.17, 15) is 9.59 Å². The Kier molecular flexibility index (Phi) is 4.77. The first kappa shape index (κ1) is 17.5. The largest absolute Gasteiger partial charge is 0.420 e. The zero-order chi connectivity index (χ0) is 18.8. The van der Waals surface area contributed by atoms with Gasteiger partial charge in [-0.05, 0) is 31.2 Å². The van der Waals surface area contributed by atoms with Gasteiger partial charge in [-0.2, -0.15) is 0 Å². The average molecular weight is 381 g/mol. The topological polar surface area (TPSA) is 77.1 Å². The number of amides is 1. The number of fused-ring (bicyclic) bond motifs is 2. The highest BCUT2D eigenvalue weighted by atomic mass is 32.1. The molecule has 138 valence electrons. The normalized spacial score (nSPS) is 12.5. The van der Waals surface area contributed by atoms with E-state index in [-0.39, 0.29) is 11.9 Å². The van der Waals surface area contributed by atoms with Crippen LogP contribution >= 0.6 is 11.3 Å². The summed E-state index contributed by atoms with van der Waals surface area (Å²) in [5, 5.41) is 3.91. The Balaban J connectivity index is 1.36. The molecule has 1 atom stereocenters. The van der Waals surface area contributed by atoms with Crippen LogP contribution in [0.15, 0.2) is 57.7 Å². The van der Waals surface area contributed by atoms with Gasteiger partial charge in [0.1, 0.15) is 0 Å². The molecule has 0 fully saturated rings. The summed E-state index contributed by atoms with van der Waals surface area (Å²) in [5.41, 5.74) is 2.26. The number of carbonyl (C=O) groups is 1. The van der Waals surface area contributed by atoms with Gasteiger partial charge in [0, 0.05) is 25.4 Å². The van der Waals surface area contributed by atoms with Gasteiger partial charge in [-0.1, -0.05) is 24.3 Å². The van der Waals surface area contributed by atoms with Crippen molar-refractivity contribution in [3.8, 4) is 0 Å². The van der Waals surface area contributed by atoms with E-state index >= 15 is 0 Å². The van der Waals surface area contributed by atoms with Crippen LogP contribution < -0.4 is 11.1 Å². The molecule has 6 nitrogen and oxygen atoms in total. The van der Waals surface area contributed by atoms with Crippen LogP contribution in [0.3, 0.4) is 0 Å². The van der Waals surface area contributed by atoms with Crippen molar-refractivity contribution in [2.45, 2.75) is 32.4 Å². The molecule has 2 aromatic heterocycles. The Morgan fingerprint density at radius 2 is 2.00 bits per heavy atom. The van der Waals surface area contributed by atoms with Crippen molar-refractivity contribution in [3.05, 3.63) is 64.1 Å². The summed E-state index contributed by atoms with van der Waals surface area (Å²) in [6, 6.07) is 15.0. The van der Waals surface area contributed by atoms with Crippen LogP contribution in [0.1, 0.15) is 18.4 Å². The lowest BCUT2D eigenvalue weighted by molar-refractivity contribution is -0.121. The second-order valence-electron chi connectivity index (χ2n) is 6.49. The summed E-state index contributed by atoms with van der Waals surface area (Å²) < 4.78 is 7.91. The number of carbonyl (C=O) groups excluding carboxylic acids is 1. The van der Waals surface area contributed by atoms with Crippen molar-refractivity contribution in [1.29, 1.82) is 0 Å². The predicted octanol–water partition coefficient (Wildman–Crippen LogP) is 3.34. The zero-order valence-electron chi connectivity index (χ0n) is 14.8. The Morgan fingerprint density at radius 3 is 2.85 bits per heavy atom. The number of para-hydroxylation sites is 3. The van der Waals surface area contributed by atoms with Gasteiger partial charge in [0.25, 0.3) is 0 Å². The average Bonchev–Trinajstić information content (AvgIpc) is 3.21. The van der Waals surface area contributed by atoms with Crippen molar-refractivity contribution in [1.82, 2.24) is 14.9 Å². The van der Waals surface area contributed by atoms with Crippen LogP contribution in [0.5, 0.6) is 0 Å². The van der Waals surface area contributed by atoms with Crippen molar-refractivity contribution >= 4 is 38.6 Å². The van der Waals surface area contributed by atoms with Crippen molar-refractivity contribution in [2.24, 2.45) is 0 Å². The first-order valence-electron chi connectivity index (χ1n) is 8.82. The molecular formula is C20H19N3O3S. The Hall–Kier alpha value is -2.93. The first-order chi connectivity index (χ1) is 13.1. The molecule has 7 heteroatoms. The van der Waals surface area contributed by atoms with Gasteiger partial charge >= 0.3 is 5.76 Å². The lowest BCUT2D eigenvalue weighted by Crippen LogP contribution is -2.37. The lowest BCUT2D eigenvalue weighted by atomic mass is 10.2. The highest BCUT2D eigenvalue weighted by Crippen LogP contribution is 2.22. The fourth-order valence-corrected chi connectivity index (χ4v) is 4.07. The monoisotopic (exact) mass is 381 g/mol. The first-order valence-corrected chi connectivity index (χ1v) is 9.64. The van der Waals surface area contributed by atoms with Gasteiger partial charge in [-0.3, -0.25) is 9.36 Å². The van der Waals surface area contributed by atoms with Crippen LogP contribution in [0.25, 0.3) is 21.3 Å². The number of hydrogen-bond donors (Lipinski definition) is 1. The Labute approximate surface area is 159 Å². The third kappa shape index (κ3) is 3.78. The van der Waals surface area contributed by atoms with E-state index in [4.69, 9.17) is 4.42 Å². The third-order valence-electron chi connectivity index (χ3n) is 4.34.